The molecule has 4 aliphatic rings. The summed E-state index contributed by atoms with van der Waals surface area (Å²) in [5, 5.41) is 0. The lowest BCUT2D eigenvalue weighted by atomic mass is 9.64. The average molecular weight is 923 g/mol. The molecule has 0 amide bonds. The van der Waals surface area contributed by atoms with Gasteiger partial charge in [-0.15, -0.1) is 0 Å². The minimum Gasteiger partial charge on any atom is -0.495 e. The number of anilines is 2. The molecule has 0 aliphatic heterocycles. The smallest absolute Gasteiger partial charge is 0.265 e. The van der Waals surface area contributed by atoms with Crippen LogP contribution >= 0.6 is 0 Å². The minimum absolute atomic E-state index is 0.0266. The molecule has 66 heavy (non-hydrogen) atoms. The van der Waals surface area contributed by atoms with Crippen LogP contribution in [0.5, 0.6) is 11.5 Å². The van der Waals surface area contributed by atoms with E-state index in [4.69, 9.17) is 9.47 Å². The van der Waals surface area contributed by atoms with Gasteiger partial charge in [-0.3, -0.25) is 19.0 Å². The Morgan fingerprint density at radius 2 is 0.848 bits per heavy atom. The minimum atomic E-state index is -3.88. The second-order valence-corrected chi connectivity index (χ2v) is 21.3. The number of ether oxygens (including phenoxy) is 2. The van der Waals surface area contributed by atoms with Crippen molar-refractivity contribution in [2.45, 2.75) is 97.7 Å². The van der Waals surface area contributed by atoms with Crippen molar-refractivity contribution >= 4 is 43.0 Å². The van der Waals surface area contributed by atoms with Crippen molar-refractivity contribution in [1.29, 1.82) is 0 Å². The largest absolute Gasteiger partial charge is 0.495 e. The van der Waals surface area contributed by atoms with E-state index in [0.29, 0.717) is 24.2 Å². The van der Waals surface area contributed by atoms with Gasteiger partial charge in [-0.25, -0.2) is 16.8 Å². The summed E-state index contributed by atoms with van der Waals surface area (Å²) < 4.78 is 69.2. The third-order valence-electron chi connectivity index (χ3n) is 14.5. The predicted octanol–water partition coefficient (Wildman–Crippen LogP) is 10.4. The lowest BCUT2D eigenvalue weighted by molar-refractivity contribution is -0.126. The van der Waals surface area contributed by atoms with Gasteiger partial charge in [0.1, 0.15) is 32.9 Å². The predicted molar refractivity (Wildman–Crippen MR) is 257 cm³/mol. The van der Waals surface area contributed by atoms with Gasteiger partial charge in [-0.1, -0.05) is 112 Å². The Morgan fingerprint density at radius 1 is 0.500 bits per heavy atom. The van der Waals surface area contributed by atoms with E-state index < -0.39 is 30.9 Å². The maximum atomic E-state index is 13.3. The summed E-state index contributed by atoms with van der Waals surface area (Å²) in [5.74, 6) is 1.15. The Morgan fingerprint density at radius 3 is 1.18 bits per heavy atom. The van der Waals surface area contributed by atoms with E-state index in [1.54, 1.807) is 36.4 Å². The van der Waals surface area contributed by atoms with Crippen molar-refractivity contribution in [1.82, 2.24) is 0 Å². The fourth-order valence-corrected chi connectivity index (χ4v) is 13.0. The highest BCUT2D eigenvalue weighted by Crippen LogP contribution is 2.54. The van der Waals surface area contributed by atoms with E-state index in [9.17, 15) is 26.4 Å². The van der Waals surface area contributed by atoms with E-state index in [2.05, 4.69) is 47.6 Å². The van der Waals surface area contributed by atoms with Gasteiger partial charge in [0, 0.05) is 36.1 Å². The number of para-hydroxylation sites is 2. The number of Topliss-reactive ketones (excluding diaryl/α,β-unsaturated/α-hetero) is 2. The quantitative estimate of drug-likeness (QED) is 0.123. The fraction of sp³-hybridized carbons (Fsp3) is 0.296. The molecule has 0 bridgehead atoms. The van der Waals surface area contributed by atoms with Crippen molar-refractivity contribution in [3.8, 4) is 11.5 Å². The van der Waals surface area contributed by atoms with Crippen LogP contribution in [0, 0.1) is 0 Å². The number of hydrogen-bond donors (Lipinski definition) is 2. The highest BCUT2D eigenvalue weighted by Gasteiger charge is 2.52. The SMILES string of the molecule is COc1ccccc1S(=O)(=O)Nc1cc(C(C)c2ccccc2)c2c(c1)C1(CCC1)C(=O)C2.COc1ccccc1S(=O)(=O)Nc1cc(C(C)c2ccccc2)c2c(c1)C1(CCC1)C(=O)C2. The molecule has 2 saturated carbocycles. The third kappa shape index (κ3) is 7.87. The molecular weight excluding hydrogens is 869 g/mol. The Hall–Kier alpha value is -6.24. The maximum Gasteiger partial charge on any atom is 0.265 e. The van der Waals surface area contributed by atoms with Gasteiger partial charge < -0.3 is 9.47 Å². The van der Waals surface area contributed by atoms with E-state index in [-0.39, 0.29) is 44.7 Å². The first-order chi connectivity index (χ1) is 31.7. The molecule has 0 saturated heterocycles. The van der Waals surface area contributed by atoms with Crippen LogP contribution in [-0.4, -0.2) is 42.6 Å². The number of nitrogens with one attached hydrogen (secondary N) is 2. The lowest BCUT2D eigenvalue weighted by Crippen LogP contribution is -2.39. The standard InChI is InChI=1S/2C27H27NO4S/c2*1-18(19-9-4-3-5-10-19)21-15-20(16-23-22(21)17-26(29)27(23)13-8-14-27)28-33(30,31)25-12-7-6-11-24(25)32-2/h2*3-7,9-12,15-16,18,28H,8,13-14,17H2,1-2H3. The summed E-state index contributed by atoms with van der Waals surface area (Å²) in [6.45, 7) is 4.22. The lowest BCUT2D eigenvalue weighted by Gasteiger charge is -2.38. The van der Waals surface area contributed by atoms with Crippen molar-refractivity contribution in [3.63, 3.8) is 0 Å². The molecule has 2 spiro atoms. The Balaban J connectivity index is 0.000000166. The van der Waals surface area contributed by atoms with Crippen molar-refractivity contribution in [3.05, 3.63) is 178 Å². The second-order valence-electron chi connectivity index (χ2n) is 18.0. The number of hydrogen-bond acceptors (Lipinski definition) is 8. The van der Waals surface area contributed by atoms with Gasteiger partial charge in [0.05, 0.1) is 25.0 Å². The zero-order valence-corrected chi connectivity index (χ0v) is 39.2. The number of methoxy groups -OCH3 is 2. The number of fused-ring (bicyclic) bond motifs is 4. The first kappa shape index (κ1) is 44.9. The van der Waals surface area contributed by atoms with Gasteiger partial charge in [0.15, 0.2) is 0 Å². The van der Waals surface area contributed by atoms with Crippen LogP contribution in [0.2, 0.25) is 0 Å². The molecule has 10 nitrogen and oxygen atoms in total. The van der Waals surface area contributed by atoms with Crippen molar-refractivity contribution < 1.29 is 35.9 Å². The molecule has 4 aliphatic carbocycles. The van der Waals surface area contributed by atoms with Crippen LogP contribution < -0.4 is 18.9 Å². The average Bonchev–Trinajstić information content (AvgIpc) is 3.78. The van der Waals surface area contributed by atoms with Crippen LogP contribution in [-0.2, 0) is 53.3 Å². The molecule has 0 radical (unpaired) electrons. The Labute approximate surface area is 387 Å². The molecule has 0 heterocycles. The van der Waals surface area contributed by atoms with Crippen LogP contribution in [0.3, 0.4) is 0 Å². The summed E-state index contributed by atoms with van der Waals surface area (Å²) in [4.78, 5) is 26.4. The van der Waals surface area contributed by atoms with Gasteiger partial charge in [0.25, 0.3) is 20.0 Å². The number of carbonyl (C=O) groups excluding carboxylic acids is 2. The number of rotatable bonds is 12. The van der Waals surface area contributed by atoms with Gasteiger partial charge in [-0.2, -0.15) is 0 Å². The number of sulfonamides is 2. The van der Waals surface area contributed by atoms with Crippen LogP contribution in [0.1, 0.15) is 109 Å². The second kappa shape index (κ2) is 17.5. The molecule has 0 aromatic heterocycles. The summed E-state index contributed by atoms with van der Waals surface area (Å²) in [7, 11) is -4.85. The van der Waals surface area contributed by atoms with Crippen molar-refractivity contribution in [2.75, 3.05) is 23.7 Å². The molecular formula is C54H54N2O8S2. The number of benzene rings is 6. The summed E-state index contributed by atoms with van der Waals surface area (Å²) >= 11 is 0. The molecule has 6 aromatic rings. The molecule has 2 fully saturated rings. The molecule has 2 N–H and O–H groups in total. The van der Waals surface area contributed by atoms with Gasteiger partial charge in [-0.05, 0) is 119 Å². The highest BCUT2D eigenvalue weighted by atomic mass is 32.2. The van der Waals surface area contributed by atoms with E-state index in [1.165, 1.54) is 26.4 Å². The monoisotopic (exact) mass is 922 g/mol. The highest BCUT2D eigenvalue weighted by molar-refractivity contribution is 7.93. The summed E-state index contributed by atoms with van der Waals surface area (Å²) in [6.07, 6.45) is 6.21. The summed E-state index contributed by atoms with van der Waals surface area (Å²) in [5.41, 5.74) is 8.47. The number of carbonyl (C=O) groups is 2. The first-order valence-electron chi connectivity index (χ1n) is 22.5. The van der Waals surface area contributed by atoms with Gasteiger partial charge >= 0.3 is 0 Å². The Bertz CT molecular complexity index is 2860. The molecule has 340 valence electrons. The third-order valence-corrected chi connectivity index (χ3v) is 17.4. The summed E-state index contributed by atoms with van der Waals surface area (Å²) in [6, 6.07) is 40.9. The zero-order chi connectivity index (χ0) is 46.4. The first-order valence-corrected chi connectivity index (χ1v) is 25.5. The molecule has 2 atom stereocenters. The fourth-order valence-electron chi connectivity index (χ4n) is 10.6. The number of ketones is 2. The van der Waals surface area contributed by atoms with Crippen LogP contribution in [0.25, 0.3) is 0 Å². The normalized spacial score (nSPS) is 17.3. The topological polar surface area (TPSA) is 145 Å². The zero-order valence-electron chi connectivity index (χ0n) is 37.6. The van der Waals surface area contributed by atoms with E-state index in [1.807, 2.05) is 60.7 Å². The molecule has 6 aromatic carbocycles. The maximum absolute atomic E-state index is 13.3. The van der Waals surface area contributed by atoms with E-state index in [0.717, 1.165) is 83.0 Å². The molecule has 2 unspecified atom stereocenters. The van der Waals surface area contributed by atoms with Crippen molar-refractivity contribution in [2.24, 2.45) is 0 Å². The van der Waals surface area contributed by atoms with Crippen LogP contribution in [0.4, 0.5) is 11.4 Å². The molecule has 10 rings (SSSR count). The van der Waals surface area contributed by atoms with E-state index >= 15 is 0 Å². The molecule has 12 heteroatoms. The Kier molecular flexibility index (Phi) is 11.9. The van der Waals surface area contributed by atoms with Gasteiger partial charge in [0.2, 0.25) is 0 Å². The van der Waals surface area contributed by atoms with Crippen LogP contribution in [0.15, 0.2) is 143 Å².